The van der Waals surface area contributed by atoms with Crippen LogP contribution < -0.4 is 5.32 Å². The van der Waals surface area contributed by atoms with Crippen LogP contribution in [0.1, 0.15) is 20.3 Å². The molecule has 1 aromatic rings. The number of hydrogen-bond acceptors (Lipinski definition) is 4. The molecule has 1 aromatic carbocycles. The number of benzene rings is 1. The molecule has 0 bridgehead atoms. The van der Waals surface area contributed by atoms with Gasteiger partial charge in [-0.25, -0.2) is 8.42 Å². The Balaban J connectivity index is 2.81. The van der Waals surface area contributed by atoms with E-state index in [1.54, 1.807) is 0 Å². The molecule has 120 valence electrons. The van der Waals surface area contributed by atoms with Gasteiger partial charge < -0.3 is 10.4 Å². The second kappa shape index (κ2) is 6.23. The highest BCUT2D eigenvalue weighted by atomic mass is 32.2. The van der Waals surface area contributed by atoms with Crippen molar-refractivity contribution in [2.24, 2.45) is 5.41 Å². The van der Waals surface area contributed by atoms with E-state index in [9.17, 15) is 21.6 Å². The number of hydrogen-bond donors (Lipinski definition) is 2. The van der Waals surface area contributed by atoms with E-state index in [0.29, 0.717) is 18.7 Å². The molecule has 0 unspecified atom stereocenters. The molecule has 0 saturated heterocycles. The number of sulfone groups is 1. The minimum atomic E-state index is -5.31. The summed E-state index contributed by atoms with van der Waals surface area (Å²) in [7, 11) is -5.31. The first-order valence-electron chi connectivity index (χ1n) is 6.26. The van der Waals surface area contributed by atoms with Crippen LogP contribution >= 0.6 is 0 Å². The standard InChI is InChI=1S/C13H18F3NO3S/c1-12(2,7-8-18)9-17-10-3-5-11(6-4-10)21(19,20)13(14,15)16/h3-6,17-18H,7-9H2,1-2H3. The smallest absolute Gasteiger partial charge is 0.396 e. The molecule has 8 heteroatoms. The van der Waals surface area contributed by atoms with Crippen LogP contribution in [0.4, 0.5) is 18.9 Å². The first-order chi connectivity index (χ1) is 9.49. The lowest BCUT2D eigenvalue weighted by atomic mass is 9.90. The highest BCUT2D eigenvalue weighted by Gasteiger charge is 2.46. The molecule has 0 radical (unpaired) electrons. The Bertz CT molecular complexity index is 565. The molecule has 0 atom stereocenters. The summed E-state index contributed by atoms with van der Waals surface area (Å²) in [6.07, 6.45) is 0.570. The van der Waals surface area contributed by atoms with Gasteiger partial charge in [-0.2, -0.15) is 13.2 Å². The summed E-state index contributed by atoms with van der Waals surface area (Å²) >= 11 is 0. The zero-order valence-corrected chi connectivity index (χ0v) is 12.6. The first kappa shape index (κ1) is 17.8. The summed E-state index contributed by atoms with van der Waals surface area (Å²) in [5.41, 5.74) is -4.97. The zero-order chi connectivity index (χ0) is 16.3. The second-order valence-corrected chi connectivity index (χ2v) is 7.41. The molecule has 21 heavy (non-hydrogen) atoms. The van der Waals surface area contributed by atoms with Crippen LogP contribution in [0.15, 0.2) is 29.2 Å². The maximum absolute atomic E-state index is 12.4. The predicted octanol–water partition coefficient (Wildman–Crippen LogP) is 2.80. The van der Waals surface area contributed by atoms with Crippen molar-refractivity contribution in [3.63, 3.8) is 0 Å². The summed E-state index contributed by atoms with van der Waals surface area (Å²) in [6, 6.07) is 4.41. The molecule has 0 aliphatic heterocycles. The fraction of sp³-hybridized carbons (Fsp3) is 0.538. The second-order valence-electron chi connectivity index (χ2n) is 5.46. The SMILES string of the molecule is CC(C)(CCO)CNc1ccc(S(=O)(=O)C(F)(F)F)cc1. The van der Waals surface area contributed by atoms with Crippen LogP contribution in [0, 0.1) is 5.41 Å². The fourth-order valence-electron chi connectivity index (χ4n) is 1.62. The average Bonchev–Trinajstić information content (AvgIpc) is 2.35. The molecule has 0 amide bonds. The van der Waals surface area contributed by atoms with Crippen molar-refractivity contribution in [2.75, 3.05) is 18.5 Å². The number of rotatable bonds is 6. The summed E-state index contributed by atoms with van der Waals surface area (Å²) < 4.78 is 59.5. The van der Waals surface area contributed by atoms with Crippen molar-refractivity contribution in [1.29, 1.82) is 0 Å². The molecule has 2 N–H and O–H groups in total. The largest absolute Gasteiger partial charge is 0.501 e. The van der Waals surface area contributed by atoms with Crippen molar-refractivity contribution in [1.82, 2.24) is 0 Å². The normalized spacial score (nSPS) is 13.2. The number of aliphatic hydroxyl groups excluding tert-OH is 1. The van der Waals surface area contributed by atoms with Crippen LogP contribution in [-0.2, 0) is 9.84 Å². The molecular weight excluding hydrogens is 307 g/mol. The van der Waals surface area contributed by atoms with Crippen molar-refractivity contribution >= 4 is 15.5 Å². The van der Waals surface area contributed by atoms with Crippen LogP contribution in [0.3, 0.4) is 0 Å². The molecule has 0 aromatic heterocycles. The molecule has 1 rings (SSSR count). The lowest BCUT2D eigenvalue weighted by Gasteiger charge is -2.24. The zero-order valence-electron chi connectivity index (χ0n) is 11.7. The monoisotopic (exact) mass is 325 g/mol. The van der Waals surface area contributed by atoms with Gasteiger partial charge in [0.1, 0.15) is 0 Å². The quantitative estimate of drug-likeness (QED) is 0.844. The van der Waals surface area contributed by atoms with Crippen LogP contribution in [0.25, 0.3) is 0 Å². The minimum Gasteiger partial charge on any atom is -0.396 e. The van der Waals surface area contributed by atoms with E-state index in [1.165, 1.54) is 12.1 Å². The number of anilines is 1. The molecule has 0 aliphatic rings. The fourth-order valence-corrected chi connectivity index (χ4v) is 2.38. The van der Waals surface area contributed by atoms with Gasteiger partial charge >= 0.3 is 5.51 Å². The van der Waals surface area contributed by atoms with E-state index >= 15 is 0 Å². The Morgan fingerprint density at radius 2 is 1.67 bits per heavy atom. The Kier molecular flexibility index (Phi) is 5.27. The Labute approximate surface area is 121 Å². The van der Waals surface area contributed by atoms with E-state index in [-0.39, 0.29) is 12.0 Å². The van der Waals surface area contributed by atoms with Gasteiger partial charge in [-0.3, -0.25) is 0 Å². The summed E-state index contributed by atoms with van der Waals surface area (Å²) in [5, 5.41) is 11.9. The van der Waals surface area contributed by atoms with E-state index in [4.69, 9.17) is 5.11 Å². The van der Waals surface area contributed by atoms with Crippen molar-refractivity contribution < 1.29 is 26.7 Å². The predicted molar refractivity (Wildman–Crippen MR) is 73.7 cm³/mol. The van der Waals surface area contributed by atoms with Crippen LogP contribution in [-0.4, -0.2) is 32.2 Å². The third-order valence-electron chi connectivity index (χ3n) is 3.03. The van der Waals surface area contributed by atoms with E-state index in [0.717, 1.165) is 12.1 Å². The number of halogens is 3. The number of alkyl halides is 3. The van der Waals surface area contributed by atoms with E-state index in [2.05, 4.69) is 5.32 Å². The maximum Gasteiger partial charge on any atom is 0.501 e. The number of aliphatic hydroxyl groups is 1. The molecule has 0 fully saturated rings. The third-order valence-corrected chi connectivity index (χ3v) is 4.53. The average molecular weight is 325 g/mol. The summed E-state index contributed by atoms with van der Waals surface area (Å²) in [5.74, 6) is 0. The molecule has 0 saturated carbocycles. The molecule has 0 aliphatic carbocycles. The van der Waals surface area contributed by atoms with Gasteiger partial charge in [0.25, 0.3) is 9.84 Å². The van der Waals surface area contributed by atoms with Gasteiger partial charge in [-0.15, -0.1) is 0 Å². The van der Waals surface area contributed by atoms with Crippen LogP contribution in [0.5, 0.6) is 0 Å². The van der Waals surface area contributed by atoms with Gasteiger partial charge in [0.2, 0.25) is 0 Å². The Morgan fingerprint density at radius 3 is 2.10 bits per heavy atom. The summed E-state index contributed by atoms with van der Waals surface area (Å²) in [6.45, 7) is 4.40. The lowest BCUT2D eigenvalue weighted by Crippen LogP contribution is -2.24. The van der Waals surface area contributed by atoms with Crippen molar-refractivity contribution in [3.05, 3.63) is 24.3 Å². The van der Waals surface area contributed by atoms with Crippen molar-refractivity contribution in [2.45, 2.75) is 30.7 Å². The van der Waals surface area contributed by atoms with Crippen LogP contribution in [0.2, 0.25) is 0 Å². The molecule has 0 heterocycles. The van der Waals surface area contributed by atoms with Gasteiger partial charge in [-0.1, -0.05) is 13.8 Å². The highest BCUT2D eigenvalue weighted by molar-refractivity contribution is 7.92. The Morgan fingerprint density at radius 1 is 1.14 bits per heavy atom. The lowest BCUT2D eigenvalue weighted by molar-refractivity contribution is -0.0436. The van der Waals surface area contributed by atoms with Crippen molar-refractivity contribution in [3.8, 4) is 0 Å². The van der Waals surface area contributed by atoms with Gasteiger partial charge in [-0.05, 0) is 36.1 Å². The third kappa shape index (κ3) is 4.60. The molecule has 4 nitrogen and oxygen atoms in total. The van der Waals surface area contributed by atoms with Gasteiger partial charge in [0, 0.05) is 18.8 Å². The molecular formula is C13H18F3NO3S. The minimum absolute atomic E-state index is 0.0391. The number of nitrogens with one attached hydrogen (secondary N) is 1. The van der Waals surface area contributed by atoms with Gasteiger partial charge in [0.15, 0.2) is 0 Å². The topological polar surface area (TPSA) is 66.4 Å². The highest BCUT2D eigenvalue weighted by Crippen LogP contribution is 2.30. The molecule has 0 spiro atoms. The van der Waals surface area contributed by atoms with E-state index < -0.39 is 20.2 Å². The summed E-state index contributed by atoms with van der Waals surface area (Å²) in [4.78, 5) is -0.782. The maximum atomic E-state index is 12.4. The first-order valence-corrected chi connectivity index (χ1v) is 7.74. The van der Waals surface area contributed by atoms with E-state index in [1.807, 2.05) is 13.8 Å². The van der Waals surface area contributed by atoms with Gasteiger partial charge in [0.05, 0.1) is 4.90 Å². The Hall–Kier alpha value is -1.28.